The van der Waals surface area contributed by atoms with Crippen molar-refractivity contribution in [2.75, 3.05) is 19.8 Å². The predicted molar refractivity (Wildman–Crippen MR) is 67.0 cm³/mol. The summed E-state index contributed by atoms with van der Waals surface area (Å²) in [7, 11) is 1.86. The van der Waals surface area contributed by atoms with E-state index < -0.39 is 0 Å². The van der Waals surface area contributed by atoms with E-state index in [4.69, 9.17) is 15.2 Å². The summed E-state index contributed by atoms with van der Waals surface area (Å²) in [5, 5.41) is 4.28. The second kappa shape index (κ2) is 6.61. The van der Waals surface area contributed by atoms with Gasteiger partial charge in [0.25, 0.3) is 0 Å². The lowest BCUT2D eigenvalue weighted by molar-refractivity contribution is 0.0791. The molecule has 1 rings (SSSR count). The van der Waals surface area contributed by atoms with Gasteiger partial charge in [-0.3, -0.25) is 0 Å². The normalized spacial score (nSPS) is 11.2. The summed E-state index contributed by atoms with van der Waals surface area (Å²) in [6.07, 6.45) is 0. The average molecular weight is 241 g/mol. The Morgan fingerprint density at radius 3 is 2.65 bits per heavy atom. The Morgan fingerprint density at radius 2 is 2.06 bits per heavy atom. The Hall–Kier alpha value is -1.07. The molecule has 5 nitrogen and oxygen atoms in total. The summed E-state index contributed by atoms with van der Waals surface area (Å²) in [5.74, 6) is 1.30. The standard InChI is InChI=1S/C12H23N3O2/c1-9(2)8-16-5-6-17-12-11(7-13)10(3)14-15(12)4/h9H,5-8,13H2,1-4H3. The number of rotatable bonds is 7. The van der Waals surface area contributed by atoms with Crippen LogP contribution in [0.3, 0.4) is 0 Å². The molecular weight excluding hydrogens is 218 g/mol. The van der Waals surface area contributed by atoms with Gasteiger partial charge in [0, 0.05) is 20.2 Å². The molecule has 5 heteroatoms. The number of hydrogen-bond acceptors (Lipinski definition) is 4. The molecule has 1 aromatic heterocycles. The van der Waals surface area contributed by atoms with Crippen LogP contribution < -0.4 is 10.5 Å². The number of aromatic nitrogens is 2. The smallest absolute Gasteiger partial charge is 0.216 e. The molecule has 0 unspecified atom stereocenters. The van der Waals surface area contributed by atoms with Crippen molar-refractivity contribution in [1.29, 1.82) is 0 Å². The molecule has 0 radical (unpaired) electrons. The molecule has 0 spiro atoms. The summed E-state index contributed by atoms with van der Waals surface area (Å²) >= 11 is 0. The summed E-state index contributed by atoms with van der Waals surface area (Å²) in [5.41, 5.74) is 7.56. The van der Waals surface area contributed by atoms with Gasteiger partial charge in [0.15, 0.2) is 0 Å². The van der Waals surface area contributed by atoms with Crippen molar-refractivity contribution < 1.29 is 9.47 Å². The summed E-state index contributed by atoms with van der Waals surface area (Å²) in [6, 6.07) is 0. The van der Waals surface area contributed by atoms with E-state index in [2.05, 4.69) is 18.9 Å². The molecular formula is C12H23N3O2. The van der Waals surface area contributed by atoms with Gasteiger partial charge in [0.2, 0.25) is 5.88 Å². The Bertz CT molecular complexity index is 348. The number of ether oxygens (including phenoxy) is 2. The van der Waals surface area contributed by atoms with Crippen LogP contribution in [0.25, 0.3) is 0 Å². The Morgan fingerprint density at radius 1 is 1.35 bits per heavy atom. The lowest BCUT2D eigenvalue weighted by atomic mass is 10.2. The van der Waals surface area contributed by atoms with Gasteiger partial charge in [-0.15, -0.1) is 0 Å². The van der Waals surface area contributed by atoms with Gasteiger partial charge in [-0.05, 0) is 12.8 Å². The summed E-state index contributed by atoms with van der Waals surface area (Å²) < 4.78 is 12.8. The largest absolute Gasteiger partial charge is 0.475 e. The van der Waals surface area contributed by atoms with Gasteiger partial charge < -0.3 is 15.2 Å². The minimum atomic E-state index is 0.446. The molecule has 0 amide bonds. The molecule has 0 aliphatic rings. The van der Waals surface area contributed by atoms with Crippen LogP contribution in [0.1, 0.15) is 25.1 Å². The highest BCUT2D eigenvalue weighted by atomic mass is 16.5. The lowest BCUT2D eigenvalue weighted by Crippen LogP contribution is -2.13. The molecule has 0 aromatic carbocycles. The molecule has 2 N–H and O–H groups in total. The van der Waals surface area contributed by atoms with Crippen molar-refractivity contribution in [2.45, 2.75) is 27.3 Å². The van der Waals surface area contributed by atoms with Gasteiger partial charge >= 0.3 is 0 Å². The zero-order chi connectivity index (χ0) is 12.8. The van der Waals surface area contributed by atoms with Crippen LogP contribution in [0.2, 0.25) is 0 Å². The quantitative estimate of drug-likeness (QED) is 0.730. The SMILES string of the molecule is Cc1nn(C)c(OCCOCC(C)C)c1CN. The summed E-state index contributed by atoms with van der Waals surface area (Å²) in [4.78, 5) is 0. The molecule has 0 fully saturated rings. The fourth-order valence-electron chi connectivity index (χ4n) is 1.61. The zero-order valence-corrected chi connectivity index (χ0v) is 11.2. The van der Waals surface area contributed by atoms with Gasteiger partial charge in [-0.25, -0.2) is 4.68 Å². The van der Waals surface area contributed by atoms with Crippen molar-refractivity contribution in [3.8, 4) is 5.88 Å². The zero-order valence-electron chi connectivity index (χ0n) is 11.2. The minimum Gasteiger partial charge on any atom is -0.475 e. The average Bonchev–Trinajstić information content (AvgIpc) is 2.52. The number of aryl methyl sites for hydroxylation is 2. The van der Waals surface area contributed by atoms with Crippen molar-refractivity contribution >= 4 is 0 Å². The van der Waals surface area contributed by atoms with Gasteiger partial charge in [-0.2, -0.15) is 5.10 Å². The van der Waals surface area contributed by atoms with Crippen LogP contribution in [0.5, 0.6) is 5.88 Å². The van der Waals surface area contributed by atoms with E-state index in [1.54, 1.807) is 4.68 Å². The lowest BCUT2D eigenvalue weighted by Gasteiger charge is -2.10. The third kappa shape index (κ3) is 4.02. The maximum atomic E-state index is 5.67. The molecule has 17 heavy (non-hydrogen) atoms. The fraction of sp³-hybridized carbons (Fsp3) is 0.750. The highest BCUT2D eigenvalue weighted by molar-refractivity contribution is 5.30. The molecule has 0 saturated carbocycles. The molecule has 0 aliphatic carbocycles. The molecule has 98 valence electrons. The molecule has 1 aromatic rings. The van der Waals surface area contributed by atoms with Crippen molar-refractivity contribution in [3.05, 3.63) is 11.3 Å². The Labute approximate surface area is 103 Å². The third-order valence-electron chi connectivity index (χ3n) is 2.41. The number of hydrogen-bond donors (Lipinski definition) is 1. The van der Waals surface area contributed by atoms with Crippen LogP contribution in [0.15, 0.2) is 0 Å². The van der Waals surface area contributed by atoms with Crippen LogP contribution >= 0.6 is 0 Å². The van der Waals surface area contributed by atoms with E-state index in [-0.39, 0.29) is 0 Å². The van der Waals surface area contributed by atoms with Crippen molar-refractivity contribution in [3.63, 3.8) is 0 Å². The molecule has 0 atom stereocenters. The van der Waals surface area contributed by atoms with Gasteiger partial charge in [-0.1, -0.05) is 13.8 Å². The maximum Gasteiger partial charge on any atom is 0.216 e. The Balaban J connectivity index is 2.41. The van der Waals surface area contributed by atoms with Crippen LogP contribution in [0, 0.1) is 12.8 Å². The first-order valence-electron chi connectivity index (χ1n) is 5.99. The van der Waals surface area contributed by atoms with E-state index in [0.29, 0.717) is 25.7 Å². The van der Waals surface area contributed by atoms with Crippen molar-refractivity contribution in [2.24, 2.45) is 18.7 Å². The van der Waals surface area contributed by atoms with Gasteiger partial charge in [0.1, 0.15) is 6.61 Å². The number of nitrogens with two attached hydrogens (primary N) is 1. The highest BCUT2D eigenvalue weighted by Crippen LogP contribution is 2.20. The molecule has 1 heterocycles. The van der Waals surface area contributed by atoms with Crippen LogP contribution in [-0.4, -0.2) is 29.6 Å². The third-order valence-corrected chi connectivity index (χ3v) is 2.41. The van der Waals surface area contributed by atoms with E-state index >= 15 is 0 Å². The fourth-order valence-corrected chi connectivity index (χ4v) is 1.61. The topological polar surface area (TPSA) is 62.3 Å². The van der Waals surface area contributed by atoms with Crippen molar-refractivity contribution in [1.82, 2.24) is 9.78 Å². The number of nitrogens with zero attached hydrogens (tertiary/aromatic N) is 2. The van der Waals surface area contributed by atoms with Gasteiger partial charge in [0.05, 0.1) is 17.9 Å². The Kier molecular flexibility index (Phi) is 5.44. The first-order valence-corrected chi connectivity index (χ1v) is 5.99. The summed E-state index contributed by atoms with van der Waals surface area (Å²) in [6.45, 7) is 8.50. The second-order valence-corrected chi connectivity index (χ2v) is 4.51. The second-order valence-electron chi connectivity index (χ2n) is 4.51. The minimum absolute atomic E-state index is 0.446. The molecule has 0 bridgehead atoms. The highest BCUT2D eigenvalue weighted by Gasteiger charge is 2.12. The van der Waals surface area contributed by atoms with Crippen LogP contribution in [0.4, 0.5) is 0 Å². The molecule has 0 aliphatic heterocycles. The first kappa shape index (κ1) is 14.0. The van der Waals surface area contributed by atoms with E-state index in [9.17, 15) is 0 Å². The monoisotopic (exact) mass is 241 g/mol. The van der Waals surface area contributed by atoms with E-state index in [0.717, 1.165) is 23.7 Å². The van der Waals surface area contributed by atoms with E-state index in [1.165, 1.54) is 0 Å². The van der Waals surface area contributed by atoms with E-state index in [1.807, 2.05) is 14.0 Å². The first-order chi connectivity index (χ1) is 8.06. The predicted octanol–water partition coefficient (Wildman–Crippen LogP) is 1.24. The maximum absolute atomic E-state index is 5.67. The van der Waals surface area contributed by atoms with Crippen LogP contribution in [-0.2, 0) is 18.3 Å². The molecule has 0 saturated heterocycles.